The Kier molecular flexibility index (Phi) is 6.21. The van der Waals surface area contributed by atoms with Crippen LogP contribution in [-0.4, -0.2) is 39.1 Å². The lowest BCUT2D eigenvalue weighted by molar-refractivity contribution is -0.118. The average molecular weight is 355 g/mol. The Morgan fingerprint density at radius 1 is 1.27 bits per heavy atom. The van der Waals surface area contributed by atoms with Crippen LogP contribution in [0.3, 0.4) is 0 Å². The van der Waals surface area contributed by atoms with E-state index in [2.05, 4.69) is 21.5 Å². The highest BCUT2D eigenvalue weighted by Gasteiger charge is 2.13. The molecule has 1 aromatic carbocycles. The van der Waals surface area contributed by atoms with E-state index in [9.17, 15) is 14.4 Å². The van der Waals surface area contributed by atoms with Crippen LogP contribution in [-0.2, 0) is 11.3 Å². The van der Waals surface area contributed by atoms with Gasteiger partial charge in [0.15, 0.2) is 0 Å². The first-order chi connectivity index (χ1) is 12.4. The molecule has 0 saturated carbocycles. The van der Waals surface area contributed by atoms with E-state index in [0.29, 0.717) is 11.3 Å². The molecule has 0 radical (unpaired) electrons. The summed E-state index contributed by atoms with van der Waals surface area (Å²) < 4.78 is 1.23. The SMILES string of the molecule is C#CCn1ccc(NC(=O)c2ccc(NC(=O)C(N)CO)cc2)nc1=O. The molecule has 26 heavy (non-hydrogen) atoms. The number of nitrogens with two attached hydrogens (primary N) is 1. The molecule has 2 rings (SSSR count). The summed E-state index contributed by atoms with van der Waals surface area (Å²) in [6.07, 6.45) is 6.58. The molecule has 1 atom stereocenters. The number of hydrogen-bond donors (Lipinski definition) is 4. The Hall–Kier alpha value is -3.48. The first-order valence-electron chi connectivity index (χ1n) is 7.54. The number of nitrogens with one attached hydrogen (secondary N) is 2. The van der Waals surface area contributed by atoms with E-state index in [1.807, 2.05) is 0 Å². The van der Waals surface area contributed by atoms with Crippen LogP contribution >= 0.6 is 0 Å². The molecule has 0 aliphatic heterocycles. The highest BCUT2D eigenvalue weighted by molar-refractivity contribution is 6.04. The molecular weight excluding hydrogens is 338 g/mol. The van der Waals surface area contributed by atoms with Crippen molar-refractivity contribution in [3.05, 3.63) is 52.6 Å². The normalized spacial score (nSPS) is 11.3. The van der Waals surface area contributed by atoms with E-state index in [-0.39, 0.29) is 12.4 Å². The fourth-order valence-electron chi connectivity index (χ4n) is 1.93. The summed E-state index contributed by atoms with van der Waals surface area (Å²) in [6, 6.07) is 6.41. The summed E-state index contributed by atoms with van der Waals surface area (Å²) in [5.41, 5.74) is 5.55. The lowest BCUT2D eigenvalue weighted by atomic mass is 10.2. The summed E-state index contributed by atoms with van der Waals surface area (Å²) in [5.74, 6) is 1.41. The van der Waals surface area contributed by atoms with Crippen molar-refractivity contribution in [3.63, 3.8) is 0 Å². The van der Waals surface area contributed by atoms with Gasteiger partial charge in [-0.1, -0.05) is 5.92 Å². The topological polar surface area (TPSA) is 139 Å². The number of hydrogen-bond acceptors (Lipinski definition) is 6. The van der Waals surface area contributed by atoms with Gasteiger partial charge in [-0.05, 0) is 30.3 Å². The van der Waals surface area contributed by atoms with Gasteiger partial charge >= 0.3 is 5.69 Å². The molecule has 2 aromatic rings. The van der Waals surface area contributed by atoms with Gasteiger partial charge in [-0.3, -0.25) is 14.2 Å². The third-order valence-corrected chi connectivity index (χ3v) is 3.33. The number of nitrogens with zero attached hydrogens (tertiary/aromatic N) is 2. The largest absolute Gasteiger partial charge is 0.394 e. The molecule has 1 heterocycles. The second-order valence-electron chi connectivity index (χ2n) is 5.24. The van der Waals surface area contributed by atoms with Crippen molar-refractivity contribution in [2.75, 3.05) is 17.2 Å². The summed E-state index contributed by atoms with van der Waals surface area (Å²) in [6.45, 7) is -0.382. The van der Waals surface area contributed by atoms with Crippen LogP contribution in [0.5, 0.6) is 0 Å². The maximum Gasteiger partial charge on any atom is 0.350 e. The lowest BCUT2D eigenvalue weighted by Gasteiger charge is -2.10. The van der Waals surface area contributed by atoms with Crippen LogP contribution in [0.2, 0.25) is 0 Å². The average Bonchev–Trinajstić information content (AvgIpc) is 2.63. The minimum atomic E-state index is -1.03. The van der Waals surface area contributed by atoms with Gasteiger partial charge in [0.05, 0.1) is 13.2 Å². The van der Waals surface area contributed by atoms with Crippen LogP contribution in [0.1, 0.15) is 10.4 Å². The van der Waals surface area contributed by atoms with Gasteiger partial charge in [-0.25, -0.2) is 4.79 Å². The second-order valence-corrected chi connectivity index (χ2v) is 5.24. The Balaban J connectivity index is 2.04. The van der Waals surface area contributed by atoms with Crippen LogP contribution in [0.4, 0.5) is 11.5 Å². The Labute approximate surface area is 148 Å². The van der Waals surface area contributed by atoms with Crippen molar-refractivity contribution in [1.82, 2.24) is 9.55 Å². The Morgan fingerprint density at radius 2 is 1.96 bits per heavy atom. The van der Waals surface area contributed by atoms with Crippen molar-refractivity contribution in [2.45, 2.75) is 12.6 Å². The molecule has 1 aromatic heterocycles. The summed E-state index contributed by atoms with van der Waals surface area (Å²) in [7, 11) is 0. The van der Waals surface area contributed by atoms with Crippen molar-refractivity contribution >= 4 is 23.3 Å². The molecule has 9 nitrogen and oxygen atoms in total. The van der Waals surface area contributed by atoms with E-state index >= 15 is 0 Å². The zero-order chi connectivity index (χ0) is 19.1. The number of carbonyl (C=O) groups is 2. The molecule has 0 saturated heterocycles. The molecule has 5 N–H and O–H groups in total. The van der Waals surface area contributed by atoms with Crippen LogP contribution in [0, 0.1) is 12.3 Å². The van der Waals surface area contributed by atoms with Gasteiger partial charge in [0, 0.05) is 17.4 Å². The highest BCUT2D eigenvalue weighted by atomic mass is 16.3. The zero-order valence-electron chi connectivity index (χ0n) is 13.7. The number of aromatic nitrogens is 2. The minimum absolute atomic E-state index is 0.0905. The summed E-state index contributed by atoms with van der Waals surface area (Å²) in [5, 5.41) is 13.8. The van der Waals surface area contributed by atoms with Crippen molar-refractivity contribution in [2.24, 2.45) is 5.73 Å². The highest BCUT2D eigenvalue weighted by Crippen LogP contribution is 2.11. The maximum absolute atomic E-state index is 12.2. The summed E-state index contributed by atoms with van der Waals surface area (Å²) in [4.78, 5) is 39.2. The van der Waals surface area contributed by atoms with E-state index in [1.54, 1.807) is 0 Å². The maximum atomic E-state index is 12.2. The van der Waals surface area contributed by atoms with E-state index in [1.165, 1.54) is 41.1 Å². The molecule has 0 aliphatic rings. The molecule has 0 bridgehead atoms. The van der Waals surface area contributed by atoms with E-state index in [4.69, 9.17) is 17.3 Å². The monoisotopic (exact) mass is 355 g/mol. The van der Waals surface area contributed by atoms with Crippen molar-refractivity contribution in [1.29, 1.82) is 0 Å². The number of terminal acetylenes is 1. The number of amides is 2. The van der Waals surface area contributed by atoms with Crippen LogP contribution in [0.25, 0.3) is 0 Å². The van der Waals surface area contributed by atoms with Crippen LogP contribution < -0.4 is 22.1 Å². The number of carbonyl (C=O) groups excluding carboxylic acids is 2. The first kappa shape index (κ1) is 18.9. The fraction of sp³-hybridized carbons (Fsp3) is 0.176. The quantitative estimate of drug-likeness (QED) is 0.510. The van der Waals surface area contributed by atoms with Crippen molar-refractivity contribution in [3.8, 4) is 12.3 Å². The predicted molar refractivity (Wildman–Crippen MR) is 95.4 cm³/mol. The number of benzene rings is 1. The van der Waals surface area contributed by atoms with E-state index in [0.717, 1.165) is 0 Å². The predicted octanol–water partition coefficient (Wildman–Crippen LogP) is -0.613. The number of aliphatic hydroxyl groups is 1. The first-order valence-corrected chi connectivity index (χ1v) is 7.54. The molecule has 1 unspecified atom stereocenters. The van der Waals surface area contributed by atoms with Gasteiger partial charge < -0.3 is 21.5 Å². The fourth-order valence-corrected chi connectivity index (χ4v) is 1.93. The third kappa shape index (κ3) is 4.76. The van der Waals surface area contributed by atoms with Gasteiger partial charge in [-0.2, -0.15) is 4.98 Å². The molecular formula is C17H17N5O4. The number of aliphatic hydroxyl groups excluding tert-OH is 1. The van der Waals surface area contributed by atoms with Gasteiger partial charge in [0.1, 0.15) is 11.9 Å². The second kappa shape index (κ2) is 8.57. The van der Waals surface area contributed by atoms with Crippen molar-refractivity contribution < 1.29 is 14.7 Å². The molecule has 0 fully saturated rings. The molecule has 134 valence electrons. The Bertz CT molecular complexity index is 899. The molecule has 0 aliphatic carbocycles. The third-order valence-electron chi connectivity index (χ3n) is 3.33. The minimum Gasteiger partial charge on any atom is -0.394 e. The molecule has 0 spiro atoms. The van der Waals surface area contributed by atoms with Gasteiger partial charge in [-0.15, -0.1) is 6.42 Å². The smallest absolute Gasteiger partial charge is 0.350 e. The van der Waals surface area contributed by atoms with Crippen LogP contribution in [0.15, 0.2) is 41.3 Å². The molecule has 2 amide bonds. The van der Waals surface area contributed by atoms with Gasteiger partial charge in [0.2, 0.25) is 5.91 Å². The van der Waals surface area contributed by atoms with E-state index < -0.39 is 30.2 Å². The standard InChI is InChI=1S/C17H17N5O4/c1-2-8-22-9-7-14(21-17(22)26)20-15(24)11-3-5-12(6-4-11)19-16(25)13(18)10-23/h1,3-7,9,13,23H,8,10,18H2,(H,19,25)(H,20,21,24,26). The number of rotatable bonds is 6. The zero-order valence-corrected chi connectivity index (χ0v) is 13.7. The Morgan fingerprint density at radius 3 is 2.54 bits per heavy atom. The summed E-state index contributed by atoms with van der Waals surface area (Å²) >= 11 is 0. The number of anilines is 2. The molecule has 9 heteroatoms. The van der Waals surface area contributed by atoms with Gasteiger partial charge in [0.25, 0.3) is 5.91 Å². The lowest BCUT2D eigenvalue weighted by Crippen LogP contribution is -2.38.